The molecule has 0 saturated carbocycles. The van der Waals surface area contributed by atoms with E-state index in [1.807, 2.05) is 56.3 Å². The first-order valence-electron chi connectivity index (χ1n) is 21.4. The van der Waals surface area contributed by atoms with Gasteiger partial charge in [-0.2, -0.15) is 0 Å². The van der Waals surface area contributed by atoms with Gasteiger partial charge in [0.1, 0.15) is 23.6 Å². The largest absolute Gasteiger partial charge is 0.459 e. The zero-order valence-electron chi connectivity index (χ0n) is 37.5. The Morgan fingerprint density at radius 3 is 2.26 bits per heavy atom. The number of esters is 1. The highest BCUT2D eigenvalue weighted by atomic mass is 16.7. The molecule has 0 spiro atoms. The van der Waals surface area contributed by atoms with E-state index < -0.39 is 83.7 Å². The van der Waals surface area contributed by atoms with Crippen molar-refractivity contribution >= 4 is 11.8 Å². The standard InChI is InChI=1S/C45H67N5O11/c1-12-35-45(9,57)40(55)28(5)37(52)26(3)20-44(8,58-11)41(29(6)38(53)30(7)42(56)60-35)61-43-39(54)34(19-27(4)59-43)48(10)23-32-24-49(47-46-32)22-31-14-16-33(17-15-31)50-21-25(2)13-18-36(50)51/h13-18,21,24,26-30,34-35,38-41,43,53-55,57H,12,19-20,22-23H2,1-11H3/t26-,27-,28+,29+,30-,34+,35-,38+,39-,40-,41-,43+,44-,45-/m1/s1. The average molecular weight is 854 g/mol. The summed E-state index contributed by atoms with van der Waals surface area (Å²) < 4.78 is 28.2. The molecule has 2 aromatic heterocycles. The van der Waals surface area contributed by atoms with E-state index in [0.717, 1.165) is 16.8 Å². The van der Waals surface area contributed by atoms with E-state index in [1.165, 1.54) is 27.9 Å². The maximum Gasteiger partial charge on any atom is 0.311 e. The molecule has 0 aliphatic carbocycles. The number of pyridine rings is 1. The number of aromatic nitrogens is 4. The molecule has 1 aromatic carbocycles. The predicted molar refractivity (Wildman–Crippen MR) is 225 cm³/mol. The van der Waals surface area contributed by atoms with Crippen LogP contribution < -0.4 is 5.56 Å². The van der Waals surface area contributed by atoms with Crippen LogP contribution in [0.1, 0.15) is 91.5 Å². The van der Waals surface area contributed by atoms with Gasteiger partial charge in [0.05, 0.1) is 54.4 Å². The summed E-state index contributed by atoms with van der Waals surface area (Å²) >= 11 is 0. The molecule has 0 unspecified atom stereocenters. The molecule has 16 heteroatoms. The van der Waals surface area contributed by atoms with Gasteiger partial charge in [0.15, 0.2) is 6.29 Å². The quantitative estimate of drug-likeness (QED) is 0.216. The number of likely N-dealkylation sites (N-methyl/N-ethyl adjacent to an activating group) is 1. The minimum atomic E-state index is -1.96. The molecule has 14 atom stereocenters. The highest BCUT2D eigenvalue weighted by Crippen LogP contribution is 2.39. The zero-order valence-corrected chi connectivity index (χ0v) is 37.5. The molecular weight excluding hydrogens is 787 g/mol. The molecule has 4 N–H and O–H groups in total. The predicted octanol–water partition coefficient (Wildman–Crippen LogP) is 3.18. The number of nitrogens with zero attached hydrogens (tertiary/aromatic N) is 5. The number of hydrogen-bond donors (Lipinski definition) is 4. The molecule has 338 valence electrons. The van der Waals surface area contributed by atoms with Crippen molar-refractivity contribution in [3.8, 4) is 5.69 Å². The number of methoxy groups -OCH3 is 1. The summed E-state index contributed by atoms with van der Waals surface area (Å²) in [7, 11) is 3.34. The van der Waals surface area contributed by atoms with Crippen LogP contribution in [0.5, 0.6) is 0 Å². The van der Waals surface area contributed by atoms with Crippen LogP contribution in [0.2, 0.25) is 0 Å². The first kappa shape index (κ1) is 48.2. The van der Waals surface area contributed by atoms with Gasteiger partial charge in [0.2, 0.25) is 0 Å². The van der Waals surface area contributed by atoms with Crippen molar-refractivity contribution in [3.05, 3.63) is 76.0 Å². The van der Waals surface area contributed by atoms with Gasteiger partial charge in [-0.1, -0.05) is 51.1 Å². The second kappa shape index (κ2) is 19.7. The number of hydrogen-bond acceptors (Lipinski definition) is 14. The molecule has 2 fully saturated rings. The highest BCUT2D eigenvalue weighted by molar-refractivity contribution is 5.83. The van der Waals surface area contributed by atoms with Crippen molar-refractivity contribution < 1.29 is 49.0 Å². The Labute approximate surface area is 358 Å². The lowest BCUT2D eigenvalue weighted by molar-refractivity contribution is -0.302. The maximum atomic E-state index is 13.9. The second-order valence-electron chi connectivity index (χ2n) is 18.0. The number of benzene rings is 1. The van der Waals surface area contributed by atoms with E-state index in [2.05, 4.69) is 10.3 Å². The molecule has 16 nitrogen and oxygen atoms in total. The van der Waals surface area contributed by atoms with Crippen LogP contribution in [0, 0.1) is 30.6 Å². The maximum absolute atomic E-state index is 13.9. The van der Waals surface area contributed by atoms with Gasteiger partial charge in [0.25, 0.3) is 5.56 Å². The van der Waals surface area contributed by atoms with Crippen LogP contribution in [0.25, 0.3) is 5.69 Å². The molecule has 4 heterocycles. The molecule has 3 aromatic rings. The molecular formula is C45H67N5O11. The zero-order chi connectivity index (χ0) is 45.1. The Morgan fingerprint density at radius 1 is 0.951 bits per heavy atom. The molecule has 0 bridgehead atoms. The number of carbonyl (C=O) groups excluding carboxylic acids is 2. The number of cyclic esters (lactones) is 1. The highest BCUT2D eigenvalue weighted by Gasteiger charge is 2.52. The van der Waals surface area contributed by atoms with Crippen LogP contribution in [0.3, 0.4) is 0 Å². The van der Waals surface area contributed by atoms with Gasteiger partial charge in [0, 0.05) is 55.4 Å². The van der Waals surface area contributed by atoms with Gasteiger partial charge < -0.3 is 39.4 Å². The van der Waals surface area contributed by atoms with E-state index >= 15 is 0 Å². The van der Waals surface area contributed by atoms with Crippen LogP contribution >= 0.6 is 0 Å². The number of aliphatic hydroxyl groups excluding tert-OH is 3. The second-order valence-corrected chi connectivity index (χ2v) is 18.0. The number of Topliss-reactive ketones (excluding diaryl/α,β-unsaturated/α-hetero) is 1. The Morgan fingerprint density at radius 2 is 1.62 bits per heavy atom. The molecule has 61 heavy (non-hydrogen) atoms. The lowest BCUT2D eigenvalue weighted by atomic mass is 9.74. The first-order valence-corrected chi connectivity index (χ1v) is 21.4. The van der Waals surface area contributed by atoms with Gasteiger partial charge in [-0.25, -0.2) is 4.68 Å². The number of ether oxygens (including phenoxy) is 4. The normalized spacial score (nSPS) is 35.8. The fourth-order valence-corrected chi connectivity index (χ4v) is 9.12. The third-order valence-corrected chi connectivity index (χ3v) is 13.0. The van der Waals surface area contributed by atoms with Crippen molar-refractivity contribution in [2.24, 2.45) is 23.7 Å². The van der Waals surface area contributed by atoms with Gasteiger partial charge in [-0.15, -0.1) is 5.10 Å². The lowest BCUT2D eigenvalue weighted by Crippen LogP contribution is -2.60. The van der Waals surface area contributed by atoms with E-state index in [0.29, 0.717) is 25.2 Å². The lowest BCUT2D eigenvalue weighted by Gasteiger charge is -2.48. The van der Waals surface area contributed by atoms with Crippen molar-refractivity contribution in [1.29, 1.82) is 0 Å². The molecule has 2 saturated heterocycles. The summed E-state index contributed by atoms with van der Waals surface area (Å²) in [5, 5.41) is 55.2. The number of ketones is 1. The Kier molecular flexibility index (Phi) is 15.5. The van der Waals surface area contributed by atoms with Crippen molar-refractivity contribution in [3.63, 3.8) is 0 Å². The number of rotatable bonds is 10. The van der Waals surface area contributed by atoms with Crippen LogP contribution in [0.15, 0.2) is 53.6 Å². The SMILES string of the molecule is CC[C@H]1OC(=O)[C@H](C)[C@@H](O)[C@H](C)[C@@H](O[C@@H]2O[C@H](C)C[C@H](N(C)Cc3cn(Cc4ccc(-n5cc(C)ccc5=O)cc4)nn3)[C@H]2O)[C@](C)(OC)C[C@@H](C)C(=O)[C@H](C)[C@@H](O)[C@]1(C)O. The number of carbonyl (C=O) groups is 2. The molecule has 2 aliphatic heterocycles. The molecule has 0 amide bonds. The van der Waals surface area contributed by atoms with E-state index in [4.69, 9.17) is 18.9 Å². The molecule has 0 radical (unpaired) electrons. The van der Waals surface area contributed by atoms with Crippen LogP contribution in [-0.4, -0.2) is 131 Å². The van der Waals surface area contributed by atoms with Crippen molar-refractivity contribution in [1.82, 2.24) is 24.5 Å². The van der Waals surface area contributed by atoms with Crippen molar-refractivity contribution in [2.45, 2.75) is 155 Å². The third-order valence-electron chi connectivity index (χ3n) is 13.0. The summed E-state index contributed by atoms with van der Waals surface area (Å²) in [4.78, 5) is 41.8. The Hall–Kier alpha value is -3.87. The fourth-order valence-electron chi connectivity index (χ4n) is 9.12. The summed E-state index contributed by atoms with van der Waals surface area (Å²) in [5.41, 5.74) is 0.0385. The Balaban J connectivity index is 1.34. The fraction of sp³-hybridized carbons (Fsp3) is 0.667. The monoisotopic (exact) mass is 853 g/mol. The van der Waals surface area contributed by atoms with Gasteiger partial charge >= 0.3 is 5.97 Å². The number of aryl methyl sites for hydroxylation is 1. The first-order chi connectivity index (χ1) is 28.6. The third kappa shape index (κ3) is 10.7. The Bertz CT molecular complexity index is 2000. The summed E-state index contributed by atoms with van der Waals surface area (Å²) in [6.45, 7) is 15.9. The van der Waals surface area contributed by atoms with Crippen molar-refractivity contribution in [2.75, 3.05) is 14.2 Å². The van der Waals surface area contributed by atoms with E-state index in [9.17, 15) is 34.8 Å². The minimum Gasteiger partial charge on any atom is -0.459 e. The molecule has 2 aliphatic rings. The molecule has 5 rings (SSSR count). The summed E-state index contributed by atoms with van der Waals surface area (Å²) in [6.07, 6.45) is -3.53. The van der Waals surface area contributed by atoms with Gasteiger partial charge in [-0.05, 0) is 84.2 Å². The smallest absolute Gasteiger partial charge is 0.311 e. The number of aliphatic hydroxyl groups is 4. The van der Waals surface area contributed by atoms with E-state index in [-0.39, 0.29) is 30.3 Å². The topological polar surface area (TPSA) is 208 Å². The summed E-state index contributed by atoms with van der Waals surface area (Å²) in [5.74, 6) is -4.82. The van der Waals surface area contributed by atoms with Crippen LogP contribution in [-0.2, 0) is 41.6 Å². The summed E-state index contributed by atoms with van der Waals surface area (Å²) in [6, 6.07) is 10.5. The van der Waals surface area contributed by atoms with Crippen LogP contribution in [0.4, 0.5) is 0 Å². The van der Waals surface area contributed by atoms with E-state index in [1.54, 1.807) is 55.3 Å². The van der Waals surface area contributed by atoms with Gasteiger partial charge in [-0.3, -0.25) is 23.9 Å². The minimum absolute atomic E-state index is 0.0769. The average Bonchev–Trinajstić information content (AvgIpc) is 3.67.